The lowest BCUT2D eigenvalue weighted by Gasteiger charge is -2.25. The van der Waals surface area contributed by atoms with Crippen LogP contribution >= 0.6 is 0 Å². The van der Waals surface area contributed by atoms with Gasteiger partial charge < -0.3 is 0 Å². The molecule has 2 aromatic carbocycles. The van der Waals surface area contributed by atoms with Gasteiger partial charge in [0.15, 0.2) is 0 Å². The maximum absolute atomic E-state index is 14.1. The zero-order valence-corrected chi connectivity index (χ0v) is 14.8. The molecular formula is C23H27F. The summed E-state index contributed by atoms with van der Waals surface area (Å²) in [6.45, 7) is 4.12. The van der Waals surface area contributed by atoms with E-state index in [0.717, 1.165) is 43.2 Å². The van der Waals surface area contributed by atoms with E-state index in [1.807, 2.05) is 6.07 Å². The standard InChI is InChI=1S/C23H27F/c1-3-5-18-8-12-22-15-19(9-13-21(22)14-18)7-11-20-10-6-17(4-2)16-23(20)24/h3,5-6,8,10,12,14,16,19H,4,7,9,11,13,15H2,1-2H3/b5-3+. The highest BCUT2D eigenvalue weighted by Gasteiger charge is 2.19. The number of allylic oxidation sites excluding steroid dienone is 1. The number of rotatable bonds is 5. The first-order valence-electron chi connectivity index (χ1n) is 9.21. The molecule has 0 aliphatic heterocycles. The predicted octanol–water partition coefficient (Wildman–Crippen LogP) is 6.16. The molecule has 1 aliphatic rings. The van der Waals surface area contributed by atoms with Crippen LogP contribution in [0.2, 0.25) is 0 Å². The van der Waals surface area contributed by atoms with Crippen molar-refractivity contribution in [3.05, 3.63) is 76.1 Å². The van der Waals surface area contributed by atoms with E-state index in [-0.39, 0.29) is 5.82 Å². The van der Waals surface area contributed by atoms with E-state index >= 15 is 0 Å². The molecule has 0 saturated carbocycles. The van der Waals surface area contributed by atoms with Crippen molar-refractivity contribution in [1.29, 1.82) is 0 Å². The average molecular weight is 322 g/mol. The van der Waals surface area contributed by atoms with Gasteiger partial charge in [0.25, 0.3) is 0 Å². The Balaban J connectivity index is 1.62. The molecule has 3 rings (SSSR count). The van der Waals surface area contributed by atoms with Crippen LogP contribution in [0, 0.1) is 11.7 Å². The fourth-order valence-electron chi connectivity index (χ4n) is 3.77. The maximum Gasteiger partial charge on any atom is 0.126 e. The summed E-state index contributed by atoms with van der Waals surface area (Å²) in [6, 6.07) is 12.6. The molecule has 2 aromatic rings. The Morgan fingerprint density at radius 1 is 1.12 bits per heavy atom. The van der Waals surface area contributed by atoms with Crippen LogP contribution in [0.15, 0.2) is 42.5 Å². The van der Waals surface area contributed by atoms with Gasteiger partial charge >= 0.3 is 0 Å². The number of halogens is 1. The first-order valence-corrected chi connectivity index (χ1v) is 9.21. The molecule has 0 fully saturated rings. The van der Waals surface area contributed by atoms with Crippen molar-refractivity contribution in [1.82, 2.24) is 0 Å². The summed E-state index contributed by atoms with van der Waals surface area (Å²) in [5, 5.41) is 0. The van der Waals surface area contributed by atoms with Crippen molar-refractivity contribution in [2.45, 2.75) is 52.4 Å². The van der Waals surface area contributed by atoms with Crippen molar-refractivity contribution >= 4 is 6.08 Å². The van der Waals surface area contributed by atoms with Gasteiger partial charge in [-0.3, -0.25) is 0 Å². The van der Waals surface area contributed by atoms with Crippen molar-refractivity contribution in [2.24, 2.45) is 5.92 Å². The van der Waals surface area contributed by atoms with Crippen LogP contribution in [0.5, 0.6) is 0 Å². The lowest BCUT2D eigenvalue weighted by atomic mass is 9.80. The van der Waals surface area contributed by atoms with Crippen LogP contribution in [0.4, 0.5) is 4.39 Å². The van der Waals surface area contributed by atoms with Crippen LogP contribution in [0.1, 0.15) is 54.5 Å². The quantitative estimate of drug-likeness (QED) is 0.618. The van der Waals surface area contributed by atoms with Gasteiger partial charge in [-0.05, 0) is 85.3 Å². The van der Waals surface area contributed by atoms with Gasteiger partial charge in [-0.25, -0.2) is 4.39 Å². The van der Waals surface area contributed by atoms with Crippen LogP contribution in [-0.4, -0.2) is 0 Å². The number of hydrogen-bond donors (Lipinski definition) is 0. The third-order valence-electron chi connectivity index (χ3n) is 5.27. The highest BCUT2D eigenvalue weighted by Crippen LogP contribution is 2.30. The van der Waals surface area contributed by atoms with Gasteiger partial charge in [-0.15, -0.1) is 0 Å². The highest BCUT2D eigenvalue weighted by atomic mass is 19.1. The SMILES string of the molecule is C/C=C/c1ccc2c(c1)CCC(CCc1ccc(CC)cc1F)C2. The van der Waals surface area contributed by atoms with Crippen molar-refractivity contribution in [3.8, 4) is 0 Å². The van der Waals surface area contributed by atoms with Crippen molar-refractivity contribution in [2.75, 3.05) is 0 Å². The van der Waals surface area contributed by atoms with Gasteiger partial charge in [0.05, 0.1) is 0 Å². The van der Waals surface area contributed by atoms with Crippen LogP contribution in [0.25, 0.3) is 6.08 Å². The molecule has 0 spiro atoms. The van der Waals surface area contributed by atoms with Crippen molar-refractivity contribution < 1.29 is 4.39 Å². The Hall–Kier alpha value is -1.89. The number of hydrogen-bond acceptors (Lipinski definition) is 0. The molecule has 0 heterocycles. The Morgan fingerprint density at radius 2 is 2.00 bits per heavy atom. The third kappa shape index (κ3) is 3.95. The second-order valence-corrected chi connectivity index (χ2v) is 6.95. The first kappa shape index (κ1) is 17.0. The molecule has 0 aromatic heterocycles. The molecule has 126 valence electrons. The summed E-state index contributed by atoms with van der Waals surface area (Å²) in [4.78, 5) is 0. The second-order valence-electron chi connectivity index (χ2n) is 6.95. The van der Waals surface area contributed by atoms with Crippen LogP contribution in [-0.2, 0) is 25.7 Å². The van der Waals surface area contributed by atoms with Gasteiger partial charge in [0.2, 0.25) is 0 Å². The molecular weight excluding hydrogens is 295 g/mol. The summed E-state index contributed by atoms with van der Waals surface area (Å²) >= 11 is 0. The molecule has 24 heavy (non-hydrogen) atoms. The van der Waals surface area contributed by atoms with Gasteiger partial charge in [0.1, 0.15) is 5.82 Å². The van der Waals surface area contributed by atoms with Gasteiger partial charge in [-0.1, -0.05) is 49.4 Å². The molecule has 0 N–H and O–H groups in total. The summed E-state index contributed by atoms with van der Waals surface area (Å²) in [5.41, 5.74) is 6.25. The third-order valence-corrected chi connectivity index (χ3v) is 5.27. The zero-order valence-electron chi connectivity index (χ0n) is 14.8. The summed E-state index contributed by atoms with van der Waals surface area (Å²) in [5.74, 6) is 0.650. The Bertz CT molecular complexity index is 727. The smallest absolute Gasteiger partial charge is 0.126 e. The van der Waals surface area contributed by atoms with E-state index in [2.05, 4.69) is 50.3 Å². The second kappa shape index (κ2) is 7.79. The van der Waals surface area contributed by atoms with E-state index < -0.39 is 0 Å². The first-order chi connectivity index (χ1) is 11.7. The topological polar surface area (TPSA) is 0 Å². The molecule has 0 amide bonds. The van der Waals surface area contributed by atoms with Gasteiger partial charge in [0, 0.05) is 0 Å². The molecule has 1 aliphatic carbocycles. The minimum atomic E-state index is -0.0263. The molecule has 0 nitrogen and oxygen atoms in total. The summed E-state index contributed by atoms with van der Waals surface area (Å²) in [6.07, 6.45) is 10.6. The van der Waals surface area contributed by atoms with E-state index in [0.29, 0.717) is 5.92 Å². The molecule has 1 atom stereocenters. The normalized spacial score (nSPS) is 17.2. The summed E-state index contributed by atoms with van der Waals surface area (Å²) < 4.78 is 14.1. The van der Waals surface area contributed by atoms with E-state index in [1.165, 1.54) is 23.1 Å². The lowest BCUT2D eigenvalue weighted by Crippen LogP contribution is -2.15. The Labute approximate surface area is 145 Å². The lowest BCUT2D eigenvalue weighted by molar-refractivity contribution is 0.424. The largest absolute Gasteiger partial charge is 0.207 e. The van der Waals surface area contributed by atoms with E-state index in [4.69, 9.17) is 0 Å². The predicted molar refractivity (Wildman–Crippen MR) is 101 cm³/mol. The maximum atomic E-state index is 14.1. The Morgan fingerprint density at radius 3 is 2.75 bits per heavy atom. The van der Waals surface area contributed by atoms with Crippen molar-refractivity contribution in [3.63, 3.8) is 0 Å². The highest BCUT2D eigenvalue weighted by molar-refractivity contribution is 5.52. The minimum Gasteiger partial charge on any atom is -0.207 e. The Kier molecular flexibility index (Phi) is 5.50. The van der Waals surface area contributed by atoms with Crippen LogP contribution < -0.4 is 0 Å². The molecule has 0 radical (unpaired) electrons. The van der Waals surface area contributed by atoms with E-state index in [9.17, 15) is 4.39 Å². The molecule has 1 unspecified atom stereocenters. The molecule has 0 saturated heterocycles. The number of aryl methyl sites for hydroxylation is 3. The van der Waals surface area contributed by atoms with Crippen LogP contribution in [0.3, 0.4) is 0 Å². The average Bonchev–Trinajstić information content (AvgIpc) is 2.60. The molecule has 1 heteroatoms. The molecule has 0 bridgehead atoms. The monoisotopic (exact) mass is 322 g/mol. The number of benzene rings is 2. The van der Waals surface area contributed by atoms with Gasteiger partial charge in [-0.2, -0.15) is 0 Å². The zero-order chi connectivity index (χ0) is 16.9. The fraction of sp³-hybridized carbons (Fsp3) is 0.391. The number of fused-ring (bicyclic) bond motifs is 1. The van der Waals surface area contributed by atoms with E-state index in [1.54, 1.807) is 6.07 Å². The summed E-state index contributed by atoms with van der Waals surface area (Å²) in [7, 11) is 0. The fourth-order valence-corrected chi connectivity index (χ4v) is 3.77. The minimum absolute atomic E-state index is 0.0263.